The standard InChI is InChI=1S/C14H26O6Si/c1-5-17-21(18-6-2,19-7-3)11(4)8-9-12-10-13(15)20-14(12)16/h11-12H,5-10H2,1-4H3. The lowest BCUT2D eigenvalue weighted by Crippen LogP contribution is -2.49. The topological polar surface area (TPSA) is 71.1 Å². The van der Waals surface area contributed by atoms with Crippen molar-refractivity contribution in [2.45, 2.75) is 52.5 Å². The summed E-state index contributed by atoms with van der Waals surface area (Å²) < 4.78 is 22.1. The van der Waals surface area contributed by atoms with Crippen molar-refractivity contribution in [3.8, 4) is 0 Å². The van der Waals surface area contributed by atoms with Gasteiger partial charge in [0.25, 0.3) is 0 Å². The summed E-state index contributed by atoms with van der Waals surface area (Å²) >= 11 is 0. The summed E-state index contributed by atoms with van der Waals surface area (Å²) in [7, 11) is -2.75. The molecule has 0 saturated carbocycles. The smallest absolute Gasteiger partial charge is 0.393 e. The monoisotopic (exact) mass is 318 g/mol. The molecule has 1 aliphatic rings. The number of hydrogen-bond donors (Lipinski definition) is 0. The Bertz CT molecular complexity index is 342. The minimum atomic E-state index is -2.75. The average molecular weight is 318 g/mol. The Morgan fingerprint density at radius 1 is 1.14 bits per heavy atom. The van der Waals surface area contributed by atoms with Gasteiger partial charge >= 0.3 is 20.7 Å². The van der Waals surface area contributed by atoms with Gasteiger partial charge in [0, 0.05) is 25.4 Å². The third kappa shape index (κ3) is 4.88. The molecule has 1 fully saturated rings. The molecule has 7 heteroatoms. The highest BCUT2D eigenvalue weighted by Gasteiger charge is 2.47. The zero-order chi connectivity index (χ0) is 15.9. The van der Waals surface area contributed by atoms with Gasteiger partial charge in [-0.1, -0.05) is 6.92 Å². The lowest BCUT2D eigenvalue weighted by atomic mass is 10.0. The van der Waals surface area contributed by atoms with Crippen molar-refractivity contribution >= 4 is 20.7 Å². The maximum absolute atomic E-state index is 11.5. The Balaban J connectivity index is 2.64. The predicted molar refractivity (Wildman–Crippen MR) is 78.5 cm³/mol. The number of carbonyl (C=O) groups is 2. The van der Waals surface area contributed by atoms with Crippen LogP contribution in [-0.2, 0) is 27.6 Å². The van der Waals surface area contributed by atoms with E-state index in [-0.39, 0.29) is 17.9 Å². The Morgan fingerprint density at radius 2 is 1.67 bits per heavy atom. The van der Waals surface area contributed by atoms with Crippen molar-refractivity contribution in [2.24, 2.45) is 5.92 Å². The molecule has 2 unspecified atom stereocenters. The van der Waals surface area contributed by atoms with E-state index in [4.69, 9.17) is 13.3 Å². The number of ether oxygens (including phenoxy) is 1. The lowest BCUT2D eigenvalue weighted by molar-refractivity contribution is -0.153. The first kappa shape index (κ1) is 18.3. The van der Waals surface area contributed by atoms with Crippen molar-refractivity contribution in [3.05, 3.63) is 0 Å². The second-order valence-corrected chi connectivity index (χ2v) is 8.13. The van der Waals surface area contributed by atoms with Crippen molar-refractivity contribution in [1.82, 2.24) is 0 Å². The Labute approximate surface area is 127 Å². The van der Waals surface area contributed by atoms with Crippen molar-refractivity contribution in [2.75, 3.05) is 19.8 Å². The highest BCUT2D eigenvalue weighted by Crippen LogP contribution is 2.33. The zero-order valence-electron chi connectivity index (χ0n) is 13.3. The molecular formula is C14H26O6Si. The normalized spacial score (nSPS) is 20.7. The minimum Gasteiger partial charge on any atom is -0.393 e. The fourth-order valence-corrected chi connectivity index (χ4v) is 5.36. The maximum Gasteiger partial charge on any atom is 0.503 e. The first-order valence-electron chi connectivity index (χ1n) is 7.65. The van der Waals surface area contributed by atoms with Crippen LogP contribution in [0, 0.1) is 5.92 Å². The van der Waals surface area contributed by atoms with E-state index in [9.17, 15) is 9.59 Å². The molecular weight excluding hydrogens is 292 g/mol. The summed E-state index contributed by atoms with van der Waals surface area (Å²) in [4.78, 5) is 22.6. The zero-order valence-corrected chi connectivity index (χ0v) is 14.3. The summed E-state index contributed by atoms with van der Waals surface area (Å²) in [5.41, 5.74) is 0.0702. The van der Waals surface area contributed by atoms with Crippen LogP contribution < -0.4 is 0 Å². The van der Waals surface area contributed by atoms with Gasteiger partial charge in [0.05, 0.1) is 12.3 Å². The molecule has 1 saturated heterocycles. The van der Waals surface area contributed by atoms with Crippen molar-refractivity contribution in [3.63, 3.8) is 0 Å². The quantitative estimate of drug-likeness (QED) is 0.350. The van der Waals surface area contributed by atoms with Gasteiger partial charge in [-0.3, -0.25) is 9.59 Å². The third-order valence-electron chi connectivity index (χ3n) is 3.55. The Hall–Kier alpha value is -0.763. The van der Waals surface area contributed by atoms with Crippen LogP contribution in [0.25, 0.3) is 0 Å². The van der Waals surface area contributed by atoms with Crippen LogP contribution in [0.2, 0.25) is 5.54 Å². The highest BCUT2D eigenvalue weighted by molar-refractivity contribution is 6.62. The Morgan fingerprint density at radius 3 is 2.05 bits per heavy atom. The molecule has 1 aliphatic heterocycles. The summed E-state index contributed by atoms with van der Waals surface area (Å²) in [5.74, 6) is -1.18. The van der Waals surface area contributed by atoms with Crippen molar-refractivity contribution in [1.29, 1.82) is 0 Å². The van der Waals surface area contributed by atoms with Gasteiger partial charge in [-0.05, 0) is 33.6 Å². The van der Waals surface area contributed by atoms with E-state index in [2.05, 4.69) is 4.74 Å². The molecule has 122 valence electrons. The molecule has 2 atom stereocenters. The average Bonchev–Trinajstić information content (AvgIpc) is 2.75. The summed E-state index contributed by atoms with van der Waals surface area (Å²) in [6.07, 6.45) is 1.48. The number of rotatable bonds is 10. The Kier molecular flexibility index (Phi) is 7.51. The summed E-state index contributed by atoms with van der Waals surface area (Å²) in [6, 6.07) is 0. The molecule has 0 aromatic heterocycles. The number of hydrogen-bond acceptors (Lipinski definition) is 6. The van der Waals surface area contributed by atoms with Crippen LogP contribution in [0.15, 0.2) is 0 Å². The van der Waals surface area contributed by atoms with Gasteiger partial charge in [-0.15, -0.1) is 0 Å². The fourth-order valence-electron chi connectivity index (χ4n) is 2.52. The largest absolute Gasteiger partial charge is 0.503 e. The van der Waals surface area contributed by atoms with Crippen LogP contribution >= 0.6 is 0 Å². The summed E-state index contributed by atoms with van der Waals surface area (Å²) in [6.45, 7) is 9.36. The van der Waals surface area contributed by atoms with E-state index in [1.807, 2.05) is 27.7 Å². The molecule has 6 nitrogen and oxygen atoms in total. The predicted octanol–water partition coefficient (Wildman–Crippen LogP) is 2.29. The van der Waals surface area contributed by atoms with E-state index in [1.165, 1.54) is 0 Å². The highest BCUT2D eigenvalue weighted by atomic mass is 28.4. The van der Waals surface area contributed by atoms with Crippen molar-refractivity contribution < 1.29 is 27.6 Å². The van der Waals surface area contributed by atoms with Gasteiger partial charge in [-0.25, -0.2) is 0 Å². The van der Waals surface area contributed by atoms with Crippen LogP contribution in [0.3, 0.4) is 0 Å². The van der Waals surface area contributed by atoms with E-state index >= 15 is 0 Å². The molecule has 1 heterocycles. The third-order valence-corrected chi connectivity index (χ3v) is 7.12. The van der Waals surface area contributed by atoms with E-state index in [1.54, 1.807) is 0 Å². The first-order chi connectivity index (χ1) is 9.99. The van der Waals surface area contributed by atoms with Gasteiger partial charge in [0.1, 0.15) is 0 Å². The number of esters is 2. The summed E-state index contributed by atoms with van der Waals surface area (Å²) in [5, 5.41) is 0. The maximum atomic E-state index is 11.5. The molecule has 0 bridgehead atoms. The van der Waals surface area contributed by atoms with Crippen LogP contribution in [-0.4, -0.2) is 40.6 Å². The molecule has 0 N–H and O–H groups in total. The van der Waals surface area contributed by atoms with Gasteiger partial charge in [0.15, 0.2) is 0 Å². The van der Waals surface area contributed by atoms with E-state index < -0.39 is 20.7 Å². The van der Waals surface area contributed by atoms with Crippen LogP contribution in [0.4, 0.5) is 0 Å². The lowest BCUT2D eigenvalue weighted by Gasteiger charge is -2.33. The first-order valence-corrected chi connectivity index (χ1v) is 9.45. The van der Waals surface area contributed by atoms with E-state index in [0.29, 0.717) is 32.7 Å². The minimum absolute atomic E-state index is 0.0702. The molecule has 0 aliphatic carbocycles. The molecule has 0 amide bonds. The fraction of sp³-hybridized carbons (Fsp3) is 0.857. The molecule has 1 rings (SSSR count). The van der Waals surface area contributed by atoms with E-state index in [0.717, 1.165) is 0 Å². The SMILES string of the molecule is CCO[Si](OCC)(OCC)C(C)CCC1CC(=O)OC1=O. The number of cyclic esters (lactones) is 2. The van der Waals surface area contributed by atoms with Crippen LogP contribution in [0.1, 0.15) is 47.0 Å². The second-order valence-electron chi connectivity index (χ2n) is 5.08. The van der Waals surface area contributed by atoms with Gasteiger partial charge in [0.2, 0.25) is 0 Å². The number of carbonyl (C=O) groups excluding carboxylic acids is 2. The second kappa shape index (κ2) is 8.62. The van der Waals surface area contributed by atoms with Gasteiger partial charge in [-0.2, -0.15) is 0 Å². The molecule has 0 aromatic carbocycles. The molecule has 21 heavy (non-hydrogen) atoms. The molecule has 0 aromatic rings. The molecule has 0 radical (unpaired) electrons. The van der Waals surface area contributed by atoms with Gasteiger partial charge < -0.3 is 18.0 Å². The molecule has 0 spiro atoms. The van der Waals surface area contributed by atoms with Crippen LogP contribution in [0.5, 0.6) is 0 Å².